The Kier molecular flexibility index (Phi) is 7.22. The summed E-state index contributed by atoms with van der Waals surface area (Å²) in [7, 11) is 0. The van der Waals surface area contributed by atoms with Gasteiger partial charge in [0.05, 0.1) is 12.5 Å². The number of aryl methyl sites for hydroxylation is 4. The molecule has 3 aromatic rings. The molecule has 3 aromatic carbocycles. The third kappa shape index (κ3) is 5.54. The molecule has 0 amide bonds. The SMILES string of the molecule is Cc1cc(C)c(OC[C@@H]2C[C@@H](O)CC(=O)O2)c(C(c2ccc(C)c(F)c2)c2ccc(C)c(F)c2)c1. The van der Waals surface area contributed by atoms with Gasteiger partial charge in [-0.2, -0.15) is 0 Å². The fraction of sp³-hybridized carbons (Fsp3) is 0.345. The topological polar surface area (TPSA) is 55.8 Å². The van der Waals surface area contributed by atoms with Gasteiger partial charge >= 0.3 is 5.97 Å². The van der Waals surface area contributed by atoms with Gasteiger partial charge in [0.15, 0.2) is 0 Å². The van der Waals surface area contributed by atoms with Crippen LogP contribution in [0.3, 0.4) is 0 Å². The maximum Gasteiger partial charge on any atom is 0.308 e. The van der Waals surface area contributed by atoms with E-state index in [1.807, 2.05) is 38.1 Å². The number of rotatable bonds is 6. The minimum atomic E-state index is -0.762. The van der Waals surface area contributed by atoms with Crippen LogP contribution >= 0.6 is 0 Å². The van der Waals surface area contributed by atoms with Gasteiger partial charge in [-0.15, -0.1) is 0 Å². The number of esters is 1. The van der Waals surface area contributed by atoms with E-state index in [4.69, 9.17) is 9.47 Å². The van der Waals surface area contributed by atoms with Crippen LogP contribution in [-0.2, 0) is 9.53 Å². The van der Waals surface area contributed by atoms with Gasteiger partial charge in [0.2, 0.25) is 0 Å². The summed E-state index contributed by atoms with van der Waals surface area (Å²) in [5.41, 5.74) is 4.99. The number of ether oxygens (including phenoxy) is 2. The molecule has 6 heteroatoms. The molecule has 1 N–H and O–H groups in total. The Labute approximate surface area is 204 Å². The standard InChI is InChI=1S/C29H30F2O4/c1-16-9-19(4)29(34-15-23-13-22(32)14-27(33)35-23)24(10-16)28(20-7-5-17(2)25(30)11-20)21-8-6-18(3)26(31)12-21/h5-12,22-23,28,32H,13-15H2,1-4H3/t22-,23+/m1/s1. The smallest absolute Gasteiger partial charge is 0.308 e. The summed E-state index contributed by atoms with van der Waals surface area (Å²) >= 11 is 0. The molecule has 0 saturated carbocycles. The molecule has 1 saturated heterocycles. The molecule has 1 aliphatic rings. The van der Waals surface area contributed by atoms with Gasteiger partial charge in [0.25, 0.3) is 0 Å². The summed E-state index contributed by atoms with van der Waals surface area (Å²) < 4.78 is 40.9. The summed E-state index contributed by atoms with van der Waals surface area (Å²) in [5, 5.41) is 9.95. The first-order valence-corrected chi connectivity index (χ1v) is 11.8. The second-order valence-corrected chi connectivity index (χ2v) is 9.47. The van der Waals surface area contributed by atoms with Crippen LogP contribution in [0, 0.1) is 39.3 Å². The molecule has 4 nitrogen and oxygen atoms in total. The molecule has 35 heavy (non-hydrogen) atoms. The van der Waals surface area contributed by atoms with Gasteiger partial charge < -0.3 is 14.6 Å². The van der Waals surface area contributed by atoms with E-state index in [0.29, 0.717) is 34.4 Å². The minimum Gasteiger partial charge on any atom is -0.489 e. The molecule has 184 valence electrons. The second kappa shape index (κ2) is 10.2. The predicted molar refractivity (Wildman–Crippen MR) is 130 cm³/mol. The van der Waals surface area contributed by atoms with Crippen LogP contribution < -0.4 is 4.74 Å². The number of halogens is 2. The van der Waals surface area contributed by atoms with E-state index in [1.54, 1.807) is 26.0 Å². The first kappa shape index (κ1) is 24.9. The fourth-order valence-electron chi connectivity index (χ4n) is 4.67. The van der Waals surface area contributed by atoms with Gasteiger partial charge in [0.1, 0.15) is 30.1 Å². The number of hydrogen-bond acceptors (Lipinski definition) is 4. The quantitative estimate of drug-likeness (QED) is 0.357. The molecular weight excluding hydrogens is 450 g/mol. The Morgan fingerprint density at radius 2 is 1.54 bits per heavy atom. The summed E-state index contributed by atoms with van der Waals surface area (Å²) in [6.07, 6.45) is -1.07. The molecular formula is C29H30F2O4. The van der Waals surface area contributed by atoms with Gasteiger partial charge in [0, 0.05) is 17.9 Å². The van der Waals surface area contributed by atoms with Crippen LogP contribution in [0.2, 0.25) is 0 Å². The number of aliphatic hydroxyl groups is 1. The number of carbonyl (C=O) groups excluding carboxylic acids is 1. The highest BCUT2D eigenvalue weighted by Crippen LogP contribution is 2.40. The molecule has 1 aliphatic heterocycles. The van der Waals surface area contributed by atoms with Crippen molar-refractivity contribution in [1.82, 2.24) is 0 Å². The molecule has 0 aliphatic carbocycles. The second-order valence-electron chi connectivity index (χ2n) is 9.47. The van der Waals surface area contributed by atoms with Crippen LogP contribution in [0.25, 0.3) is 0 Å². The lowest BCUT2D eigenvalue weighted by Gasteiger charge is -2.28. The monoisotopic (exact) mass is 480 g/mol. The highest BCUT2D eigenvalue weighted by atomic mass is 19.1. The van der Waals surface area contributed by atoms with Crippen LogP contribution in [0.1, 0.15) is 57.7 Å². The Bertz CT molecular complexity index is 1200. The van der Waals surface area contributed by atoms with Crippen molar-refractivity contribution in [2.45, 2.75) is 58.7 Å². The summed E-state index contributed by atoms with van der Waals surface area (Å²) in [4.78, 5) is 11.8. The Hall–Kier alpha value is -3.25. The van der Waals surface area contributed by atoms with Crippen LogP contribution in [0.5, 0.6) is 5.75 Å². The average molecular weight is 481 g/mol. The van der Waals surface area contributed by atoms with Gasteiger partial charge in [-0.05, 0) is 67.6 Å². The highest BCUT2D eigenvalue weighted by Gasteiger charge is 2.29. The molecule has 0 unspecified atom stereocenters. The average Bonchev–Trinajstić information content (AvgIpc) is 2.77. The zero-order valence-electron chi connectivity index (χ0n) is 20.4. The number of cyclic esters (lactones) is 1. The molecule has 0 aromatic heterocycles. The number of aliphatic hydroxyl groups excluding tert-OH is 1. The van der Waals surface area contributed by atoms with E-state index >= 15 is 0 Å². The van der Waals surface area contributed by atoms with E-state index in [9.17, 15) is 18.7 Å². The van der Waals surface area contributed by atoms with Gasteiger partial charge in [-0.3, -0.25) is 4.79 Å². The highest BCUT2D eigenvalue weighted by molar-refractivity contribution is 5.71. The summed E-state index contributed by atoms with van der Waals surface area (Å²) in [5.74, 6) is -1.06. The zero-order valence-corrected chi connectivity index (χ0v) is 20.4. The van der Waals surface area contributed by atoms with E-state index in [-0.39, 0.29) is 24.7 Å². The Morgan fingerprint density at radius 1 is 0.943 bits per heavy atom. The normalized spacial score (nSPS) is 18.0. The van der Waals surface area contributed by atoms with Crippen molar-refractivity contribution in [3.05, 3.63) is 99.1 Å². The zero-order chi connectivity index (χ0) is 25.3. The van der Waals surface area contributed by atoms with Crippen molar-refractivity contribution in [2.75, 3.05) is 6.61 Å². The number of hydrogen-bond donors (Lipinski definition) is 1. The third-order valence-corrected chi connectivity index (χ3v) is 6.47. The molecule has 0 radical (unpaired) electrons. The fourth-order valence-corrected chi connectivity index (χ4v) is 4.67. The Morgan fingerprint density at radius 3 is 2.09 bits per heavy atom. The van der Waals surface area contributed by atoms with Crippen molar-refractivity contribution in [3.8, 4) is 5.75 Å². The lowest BCUT2D eigenvalue weighted by molar-refractivity contribution is -0.162. The van der Waals surface area contributed by atoms with Crippen molar-refractivity contribution < 1.29 is 28.2 Å². The maximum absolute atomic E-state index is 14.7. The molecule has 0 bridgehead atoms. The number of benzene rings is 3. The molecule has 2 atom stereocenters. The first-order chi connectivity index (χ1) is 16.6. The van der Waals surface area contributed by atoms with Crippen molar-refractivity contribution in [1.29, 1.82) is 0 Å². The van der Waals surface area contributed by atoms with Crippen LogP contribution in [0.15, 0.2) is 48.5 Å². The van der Waals surface area contributed by atoms with Crippen molar-refractivity contribution >= 4 is 5.97 Å². The van der Waals surface area contributed by atoms with Crippen molar-refractivity contribution in [2.24, 2.45) is 0 Å². The predicted octanol–water partition coefficient (Wildman–Crippen LogP) is 5.82. The molecule has 4 rings (SSSR count). The van der Waals surface area contributed by atoms with Crippen LogP contribution in [0.4, 0.5) is 8.78 Å². The van der Waals surface area contributed by atoms with Gasteiger partial charge in [-0.1, -0.05) is 42.0 Å². The lowest BCUT2D eigenvalue weighted by atomic mass is 9.82. The lowest BCUT2D eigenvalue weighted by Crippen LogP contribution is -2.36. The van der Waals surface area contributed by atoms with Crippen molar-refractivity contribution in [3.63, 3.8) is 0 Å². The Balaban J connectivity index is 1.81. The molecule has 1 fully saturated rings. The van der Waals surface area contributed by atoms with E-state index in [2.05, 4.69) is 0 Å². The summed E-state index contributed by atoms with van der Waals surface area (Å²) in [6, 6.07) is 14.0. The maximum atomic E-state index is 14.7. The van der Waals surface area contributed by atoms with E-state index in [1.165, 1.54) is 12.1 Å². The van der Waals surface area contributed by atoms with E-state index in [0.717, 1.165) is 16.7 Å². The third-order valence-electron chi connectivity index (χ3n) is 6.47. The first-order valence-electron chi connectivity index (χ1n) is 11.8. The number of carbonyl (C=O) groups is 1. The minimum absolute atomic E-state index is 0.0225. The van der Waals surface area contributed by atoms with E-state index < -0.39 is 24.1 Å². The summed E-state index contributed by atoms with van der Waals surface area (Å²) in [6.45, 7) is 7.34. The van der Waals surface area contributed by atoms with Crippen LogP contribution in [-0.4, -0.2) is 29.9 Å². The molecule has 0 spiro atoms. The molecule has 1 heterocycles. The van der Waals surface area contributed by atoms with Gasteiger partial charge in [-0.25, -0.2) is 8.78 Å². The largest absolute Gasteiger partial charge is 0.489 e.